The maximum Gasteiger partial charge on any atom is 0.237 e. The van der Waals surface area contributed by atoms with Gasteiger partial charge in [-0.3, -0.25) is 4.98 Å². The third-order valence-electron chi connectivity index (χ3n) is 4.37. The van der Waals surface area contributed by atoms with Gasteiger partial charge in [-0.2, -0.15) is 0 Å². The van der Waals surface area contributed by atoms with Crippen molar-refractivity contribution in [3.8, 4) is 5.88 Å². The highest BCUT2D eigenvalue weighted by molar-refractivity contribution is 5.25. The zero-order valence-corrected chi connectivity index (χ0v) is 12.1. The van der Waals surface area contributed by atoms with Crippen LogP contribution >= 0.6 is 0 Å². The molecule has 0 aromatic carbocycles. The first-order chi connectivity index (χ1) is 9.12. The van der Waals surface area contributed by atoms with E-state index in [0.29, 0.717) is 5.88 Å². The predicted octanol–water partition coefficient (Wildman–Crippen LogP) is 1.75. The van der Waals surface area contributed by atoms with Crippen LogP contribution in [0.1, 0.15) is 43.8 Å². The summed E-state index contributed by atoms with van der Waals surface area (Å²) in [5.74, 6) is 0.543. The molecule has 0 bridgehead atoms. The molecule has 5 nitrogen and oxygen atoms in total. The van der Waals surface area contributed by atoms with Gasteiger partial charge in [0.2, 0.25) is 5.88 Å². The van der Waals surface area contributed by atoms with E-state index in [4.69, 9.17) is 10.5 Å². The van der Waals surface area contributed by atoms with E-state index in [-0.39, 0.29) is 11.6 Å². The van der Waals surface area contributed by atoms with Crippen LogP contribution in [0.5, 0.6) is 5.88 Å². The molecule has 1 saturated carbocycles. The van der Waals surface area contributed by atoms with Crippen molar-refractivity contribution in [2.75, 3.05) is 21.2 Å². The van der Waals surface area contributed by atoms with Gasteiger partial charge < -0.3 is 15.4 Å². The van der Waals surface area contributed by atoms with E-state index in [1.165, 1.54) is 19.3 Å². The molecule has 1 aromatic heterocycles. The number of hydrogen-bond acceptors (Lipinski definition) is 5. The predicted molar refractivity (Wildman–Crippen MR) is 75.0 cm³/mol. The Labute approximate surface area is 115 Å². The zero-order chi connectivity index (χ0) is 13.9. The minimum absolute atomic E-state index is 0.0401. The van der Waals surface area contributed by atoms with Crippen LogP contribution in [0.2, 0.25) is 0 Å². The molecule has 1 unspecified atom stereocenters. The van der Waals surface area contributed by atoms with Crippen LogP contribution in [0, 0.1) is 0 Å². The second kappa shape index (κ2) is 5.84. The summed E-state index contributed by atoms with van der Waals surface area (Å²) in [6, 6.07) is -0.175. The van der Waals surface area contributed by atoms with Gasteiger partial charge in [-0.1, -0.05) is 19.3 Å². The molecule has 1 fully saturated rings. The Morgan fingerprint density at radius 3 is 2.42 bits per heavy atom. The summed E-state index contributed by atoms with van der Waals surface area (Å²) in [4.78, 5) is 10.9. The number of ether oxygens (including phenoxy) is 1. The maximum atomic E-state index is 6.56. The molecule has 2 N–H and O–H groups in total. The standard InChI is InChI=1S/C14H24N4O/c1-18(2)14(7-5-4-6-8-14)12(15)11-13(19-3)17-10-9-16-11/h9-10,12H,4-8,15H2,1-3H3. The SMILES string of the molecule is COc1nccnc1C(N)C1(N(C)C)CCCCC1. The number of nitrogens with two attached hydrogens (primary N) is 1. The van der Waals surface area contributed by atoms with Crippen molar-refractivity contribution in [2.24, 2.45) is 5.73 Å². The Morgan fingerprint density at radius 2 is 1.84 bits per heavy atom. The van der Waals surface area contributed by atoms with E-state index in [1.807, 2.05) is 0 Å². The van der Waals surface area contributed by atoms with Gasteiger partial charge in [0.15, 0.2) is 0 Å². The lowest BCUT2D eigenvalue weighted by molar-refractivity contribution is 0.0686. The summed E-state index contributed by atoms with van der Waals surface area (Å²) < 4.78 is 5.31. The number of methoxy groups -OCH3 is 1. The van der Waals surface area contributed by atoms with Crippen molar-refractivity contribution < 1.29 is 4.74 Å². The average molecular weight is 264 g/mol. The van der Waals surface area contributed by atoms with Crippen LogP contribution in [0.25, 0.3) is 0 Å². The molecule has 1 atom stereocenters. The van der Waals surface area contributed by atoms with Crippen molar-refractivity contribution in [3.63, 3.8) is 0 Å². The van der Waals surface area contributed by atoms with Gasteiger partial charge in [0.25, 0.3) is 0 Å². The summed E-state index contributed by atoms with van der Waals surface area (Å²) in [5, 5.41) is 0. The molecule has 1 aromatic rings. The average Bonchev–Trinajstić information content (AvgIpc) is 2.47. The summed E-state index contributed by atoms with van der Waals surface area (Å²) >= 11 is 0. The molecule has 106 valence electrons. The lowest BCUT2D eigenvalue weighted by atomic mass is 9.74. The number of rotatable bonds is 4. The molecule has 0 spiro atoms. The Balaban J connectivity index is 2.36. The highest BCUT2D eigenvalue weighted by Gasteiger charge is 2.42. The quantitative estimate of drug-likeness (QED) is 0.897. The number of nitrogens with zero attached hydrogens (tertiary/aromatic N) is 3. The first-order valence-electron chi connectivity index (χ1n) is 6.90. The molecule has 1 heterocycles. The van der Waals surface area contributed by atoms with Gasteiger partial charge >= 0.3 is 0 Å². The van der Waals surface area contributed by atoms with E-state index < -0.39 is 0 Å². The van der Waals surface area contributed by atoms with Gasteiger partial charge in [-0.25, -0.2) is 4.98 Å². The van der Waals surface area contributed by atoms with E-state index in [1.54, 1.807) is 19.5 Å². The summed E-state index contributed by atoms with van der Waals surface area (Å²) in [5.41, 5.74) is 7.28. The molecular weight excluding hydrogens is 240 g/mol. The number of hydrogen-bond donors (Lipinski definition) is 1. The normalized spacial score (nSPS) is 20.3. The third kappa shape index (κ3) is 2.58. The monoisotopic (exact) mass is 264 g/mol. The first-order valence-corrected chi connectivity index (χ1v) is 6.90. The first kappa shape index (κ1) is 14.2. The van der Waals surface area contributed by atoms with Gasteiger partial charge in [-0.05, 0) is 26.9 Å². The van der Waals surface area contributed by atoms with Gasteiger partial charge in [0.05, 0.1) is 13.2 Å². The summed E-state index contributed by atoms with van der Waals surface area (Å²) in [6.45, 7) is 0. The fourth-order valence-electron chi connectivity index (χ4n) is 3.16. The minimum atomic E-state index is -0.175. The van der Waals surface area contributed by atoms with Crippen LogP contribution in [0.4, 0.5) is 0 Å². The molecule has 2 rings (SSSR count). The highest BCUT2D eigenvalue weighted by Crippen LogP contribution is 2.41. The minimum Gasteiger partial charge on any atom is -0.480 e. The molecule has 1 aliphatic rings. The van der Waals surface area contributed by atoms with Crippen molar-refractivity contribution in [1.82, 2.24) is 14.9 Å². The van der Waals surface area contributed by atoms with Crippen LogP contribution in [-0.4, -0.2) is 41.6 Å². The Bertz CT molecular complexity index is 416. The molecule has 0 saturated heterocycles. The van der Waals surface area contributed by atoms with Crippen molar-refractivity contribution in [1.29, 1.82) is 0 Å². The third-order valence-corrected chi connectivity index (χ3v) is 4.37. The molecule has 5 heteroatoms. The largest absolute Gasteiger partial charge is 0.480 e. The molecular formula is C14H24N4O. The summed E-state index contributed by atoms with van der Waals surface area (Å²) in [7, 11) is 5.82. The molecule has 0 amide bonds. The molecule has 1 aliphatic carbocycles. The van der Waals surface area contributed by atoms with Gasteiger partial charge in [0.1, 0.15) is 5.69 Å². The smallest absolute Gasteiger partial charge is 0.237 e. The van der Waals surface area contributed by atoms with Crippen LogP contribution in [0.15, 0.2) is 12.4 Å². The van der Waals surface area contributed by atoms with Crippen LogP contribution < -0.4 is 10.5 Å². The van der Waals surface area contributed by atoms with E-state index in [0.717, 1.165) is 18.5 Å². The number of likely N-dealkylation sites (N-methyl/N-ethyl adjacent to an activating group) is 1. The van der Waals surface area contributed by atoms with E-state index in [9.17, 15) is 0 Å². The zero-order valence-electron chi connectivity index (χ0n) is 12.1. The lowest BCUT2D eigenvalue weighted by Crippen LogP contribution is -2.53. The van der Waals surface area contributed by atoms with Crippen molar-refractivity contribution >= 4 is 0 Å². The molecule has 0 radical (unpaired) electrons. The Morgan fingerprint density at radius 1 is 1.21 bits per heavy atom. The molecule has 0 aliphatic heterocycles. The Kier molecular flexibility index (Phi) is 4.37. The lowest BCUT2D eigenvalue weighted by Gasteiger charge is -2.46. The summed E-state index contributed by atoms with van der Waals surface area (Å²) in [6.07, 6.45) is 9.24. The highest BCUT2D eigenvalue weighted by atomic mass is 16.5. The fourth-order valence-corrected chi connectivity index (χ4v) is 3.16. The van der Waals surface area contributed by atoms with Crippen molar-refractivity contribution in [3.05, 3.63) is 18.1 Å². The van der Waals surface area contributed by atoms with Crippen molar-refractivity contribution in [2.45, 2.75) is 43.7 Å². The van der Waals surface area contributed by atoms with E-state index in [2.05, 4.69) is 29.0 Å². The number of aromatic nitrogens is 2. The fraction of sp³-hybridized carbons (Fsp3) is 0.714. The second-order valence-corrected chi connectivity index (χ2v) is 5.49. The van der Waals surface area contributed by atoms with Crippen LogP contribution in [0.3, 0.4) is 0 Å². The molecule has 19 heavy (non-hydrogen) atoms. The Hall–Kier alpha value is -1.20. The van der Waals surface area contributed by atoms with Gasteiger partial charge in [-0.15, -0.1) is 0 Å². The van der Waals surface area contributed by atoms with Gasteiger partial charge in [0, 0.05) is 17.9 Å². The second-order valence-electron chi connectivity index (χ2n) is 5.49. The van der Waals surface area contributed by atoms with Crippen LogP contribution in [-0.2, 0) is 0 Å². The van der Waals surface area contributed by atoms with E-state index >= 15 is 0 Å². The topological polar surface area (TPSA) is 64.3 Å². The maximum absolute atomic E-state index is 6.56.